The zero-order chi connectivity index (χ0) is 20.4. The third kappa shape index (κ3) is 4.25. The van der Waals surface area contributed by atoms with Crippen LogP contribution in [0.25, 0.3) is 16.9 Å². The van der Waals surface area contributed by atoms with E-state index in [1.165, 1.54) is 11.1 Å². The van der Waals surface area contributed by atoms with Gasteiger partial charge < -0.3 is 5.73 Å². The molecule has 1 aliphatic rings. The molecule has 1 fully saturated rings. The Labute approximate surface area is 172 Å². The first kappa shape index (κ1) is 19.4. The summed E-state index contributed by atoms with van der Waals surface area (Å²) in [5.74, 6) is -0.229. The first-order valence-electron chi connectivity index (χ1n) is 10.3. The Morgan fingerprint density at radius 1 is 1.10 bits per heavy atom. The summed E-state index contributed by atoms with van der Waals surface area (Å²) < 4.78 is 1.94. The average Bonchev–Trinajstić information content (AvgIpc) is 3.12. The molecule has 1 saturated heterocycles. The second-order valence-corrected chi connectivity index (χ2v) is 8.04. The first-order valence-corrected chi connectivity index (χ1v) is 10.3. The predicted octanol–water partition coefficient (Wildman–Crippen LogP) is 4.00. The van der Waals surface area contributed by atoms with E-state index in [-0.39, 0.29) is 11.9 Å². The molecule has 1 amide bonds. The lowest BCUT2D eigenvalue weighted by Crippen LogP contribution is -2.47. The van der Waals surface area contributed by atoms with E-state index in [9.17, 15) is 4.79 Å². The third-order valence-corrected chi connectivity index (χ3v) is 5.70. The SMILES string of the molecule is Cc1ccc(-n2cc(CN3CCCC[C@@H]3C(N)=O)c(-c3cccc(C)c3)n2)cc1. The first-order chi connectivity index (χ1) is 14.0. The van der Waals surface area contributed by atoms with E-state index in [4.69, 9.17) is 10.8 Å². The van der Waals surface area contributed by atoms with Gasteiger partial charge in [0, 0.05) is 23.9 Å². The highest BCUT2D eigenvalue weighted by Gasteiger charge is 2.28. The summed E-state index contributed by atoms with van der Waals surface area (Å²) in [4.78, 5) is 14.2. The van der Waals surface area contributed by atoms with Crippen LogP contribution in [0.2, 0.25) is 0 Å². The van der Waals surface area contributed by atoms with Gasteiger partial charge in [0.2, 0.25) is 5.91 Å². The molecule has 0 spiro atoms. The molecule has 0 aliphatic carbocycles. The number of rotatable bonds is 5. The minimum Gasteiger partial charge on any atom is -0.368 e. The summed E-state index contributed by atoms with van der Waals surface area (Å²) in [6, 6.07) is 16.6. The number of hydrogen-bond acceptors (Lipinski definition) is 3. The normalized spacial score (nSPS) is 17.4. The van der Waals surface area contributed by atoms with Crippen LogP contribution in [0.3, 0.4) is 0 Å². The molecule has 5 nitrogen and oxygen atoms in total. The Hall–Kier alpha value is -2.92. The summed E-state index contributed by atoms with van der Waals surface area (Å²) >= 11 is 0. The minimum atomic E-state index is -0.229. The number of aryl methyl sites for hydroxylation is 2. The fraction of sp³-hybridized carbons (Fsp3) is 0.333. The molecular weight excluding hydrogens is 360 g/mol. The number of aromatic nitrogens is 2. The summed E-state index contributed by atoms with van der Waals surface area (Å²) in [6.45, 7) is 5.73. The van der Waals surface area contributed by atoms with Crippen LogP contribution in [-0.4, -0.2) is 33.2 Å². The zero-order valence-electron chi connectivity index (χ0n) is 17.1. The molecule has 3 aromatic rings. The molecule has 0 saturated carbocycles. The van der Waals surface area contributed by atoms with Crippen molar-refractivity contribution in [3.63, 3.8) is 0 Å². The number of nitrogens with zero attached hydrogens (tertiary/aromatic N) is 3. The summed E-state index contributed by atoms with van der Waals surface area (Å²) in [7, 11) is 0. The number of likely N-dealkylation sites (tertiary alicyclic amines) is 1. The van der Waals surface area contributed by atoms with Gasteiger partial charge in [-0.05, 0) is 51.4 Å². The van der Waals surface area contributed by atoms with Crippen LogP contribution in [0.1, 0.15) is 36.0 Å². The molecular formula is C24H28N4O. The maximum atomic E-state index is 12.0. The number of hydrogen-bond donors (Lipinski definition) is 1. The van der Waals surface area contributed by atoms with Gasteiger partial charge in [-0.2, -0.15) is 5.10 Å². The lowest BCUT2D eigenvalue weighted by Gasteiger charge is -2.33. The highest BCUT2D eigenvalue weighted by Crippen LogP contribution is 2.28. The average molecular weight is 389 g/mol. The van der Waals surface area contributed by atoms with Crippen LogP contribution >= 0.6 is 0 Å². The van der Waals surface area contributed by atoms with Gasteiger partial charge in [0.15, 0.2) is 0 Å². The van der Waals surface area contributed by atoms with Crippen LogP contribution in [0.4, 0.5) is 0 Å². The van der Waals surface area contributed by atoms with Gasteiger partial charge in [-0.3, -0.25) is 9.69 Å². The lowest BCUT2D eigenvalue weighted by atomic mass is 9.99. The predicted molar refractivity (Wildman–Crippen MR) is 116 cm³/mol. The van der Waals surface area contributed by atoms with Crippen molar-refractivity contribution < 1.29 is 4.79 Å². The largest absolute Gasteiger partial charge is 0.368 e. The molecule has 2 aromatic carbocycles. The Kier molecular flexibility index (Phi) is 5.49. The van der Waals surface area contributed by atoms with Gasteiger partial charge >= 0.3 is 0 Å². The summed E-state index contributed by atoms with van der Waals surface area (Å²) in [6.07, 6.45) is 5.07. The van der Waals surface area contributed by atoms with E-state index in [0.717, 1.165) is 48.3 Å². The van der Waals surface area contributed by atoms with Crippen molar-refractivity contribution in [1.82, 2.24) is 14.7 Å². The third-order valence-electron chi connectivity index (χ3n) is 5.70. The van der Waals surface area contributed by atoms with Crippen molar-refractivity contribution in [1.29, 1.82) is 0 Å². The molecule has 0 unspecified atom stereocenters. The Bertz CT molecular complexity index is 1010. The lowest BCUT2D eigenvalue weighted by molar-refractivity contribution is -0.124. The molecule has 150 valence electrons. The van der Waals surface area contributed by atoms with E-state index < -0.39 is 0 Å². The van der Waals surface area contributed by atoms with Crippen molar-refractivity contribution in [2.24, 2.45) is 5.73 Å². The second kappa shape index (κ2) is 8.21. The van der Waals surface area contributed by atoms with Gasteiger partial charge in [-0.15, -0.1) is 0 Å². The fourth-order valence-corrected chi connectivity index (χ4v) is 4.11. The van der Waals surface area contributed by atoms with Crippen LogP contribution in [0.5, 0.6) is 0 Å². The molecule has 1 atom stereocenters. The monoisotopic (exact) mass is 388 g/mol. The van der Waals surface area contributed by atoms with E-state index in [1.54, 1.807) is 0 Å². The summed E-state index contributed by atoms with van der Waals surface area (Å²) in [5.41, 5.74) is 12.3. The maximum Gasteiger partial charge on any atom is 0.234 e. The van der Waals surface area contributed by atoms with Gasteiger partial charge in [0.1, 0.15) is 0 Å². The highest BCUT2D eigenvalue weighted by atomic mass is 16.1. The fourth-order valence-electron chi connectivity index (χ4n) is 4.11. The van der Waals surface area contributed by atoms with Gasteiger partial charge in [0.05, 0.1) is 17.4 Å². The molecule has 2 N–H and O–H groups in total. The van der Waals surface area contributed by atoms with Crippen LogP contribution in [0.15, 0.2) is 54.7 Å². The standard InChI is InChI=1S/C24H28N4O/c1-17-9-11-21(12-10-17)28-16-20(15-27-13-4-3-8-22(27)24(25)29)23(26-28)19-7-5-6-18(2)14-19/h5-7,9-12,14,16,22H,3-4,8,13,15H2,1-2H3,(H2,25,29)/t22-/m1/s1. The molecule has 0 radical (unpaired) electrons. The number of primary amides is 1. The second-order valence-electron chi connectivity index (χ2n) is 8.04. The van der Waals surface area contributed by atoms with Crippen LogP contribution in [-0.2, 0) is 11.3 Å². The van der Waals surface area contributed by atoms with E-state index in [0.29, 0.717) is 6.54 Å². The van der Waals surface area contributed by atoms with Crippen molar-refractivity contribution in [2.45, 2.75) is 45.7 Å². The molecule has 4 rings (SSSR count). The van der Waals surface area contributed by atoms with Crippen molar-refractivity contribution >= 4 is 5.91 Å². The van der Waals surface area contributed by atoms with Crippen molar-refractivity contribution in [3.8, 4) is 16.9 Å². The zero-order valence-corrected chi connectivity index (χ0v) is 17.1. The Morgan fingerprint density at radius 2 is 1.90 bits per heavy atom. The number of amides is 1. The van der Waals surface area contributed by atoms with Crippen LogP contribution < -0.4 is 5.73 Å². The van der Waals surface area contributed by atoms with Gasteiger partial charge in [-0.25, -0.2) is 4.68 Å². The van der Waals surface area contributed by atoms with E-state index in [1.807, 2.05) is 4.68 Å². The quantitative estimate of drug-likeness (QED) is 0.719. The molecule has 0 bridgehead atoms. The minimum absolute atomic E-state index is 0.197. The Morgan fingerprint density at radius 3 is 2.62 bits per heavy atom. The van der Waals surface area contributed by atoms with Gasteiger partial charge in [0.25, 0.3) is 0 Å². The molecule has 1 aliphatic heterocycles. The highest BCUT2D eigenvalue weighted by molar-refractivity contribution is 5.80. The number of carbonyl (C=O) groups excluding carboxylic acids is 1. The number of benzene rings is 2. The summed E-state index contributed by atoms with van der Waals surface area (Å²) in [5, 5.41) is 4.93. The van der Waals surface area contributed by atoms with Crippen molar-refractivity contribution in [2.75, 3.05) is 6.54 Å². The maximum absolute atomic E-state index is 12.0. The smallest absolute Gasteiger partial charge is 0.234 e. The molecule has 29 heavy (non-hydrogen) atoms. The number of carbonyl (C=O) groups is 1. The van der Waals surface area contributed by atoms with Crippen LogP contribution in [0, 0.1) is 13.8 Å². The number of piperidine rings is 1. The van der Waals surface area contributed by atoms with Crippen molar-refractivity contribution in [3.05, 3.63) is 71.4 Å². The number of nitrogens with two attached hydrogens (primary N) is 1. The van der Waals surface area contributed by atoms with E-state index >= 15 is 0 Å². The Balaban J connectivity index is 1.74. The molecule has 2 heterocycles. The van der Waals surface area contributed by atoms with E-state index in [2.05, 4.69) is 73.5 Å². The molecule has 1 aromatic heterocycles. The molecule has 5 heteroatoms. The van der Waals surface area contributed by atoms with Gasteiger partial charge in [-0.1, -0.05) is 47.9 Å². The topological polar surface area (TPSA) is 64.2 Å².